The summed E-state index contributed by atoms with van der Waals surface area (Å²) in [6.07, 6.45) is 8.52. The molecule has 0 bridgehead atoms. The molecule has 9 heteroatoms. The normalized spacial score (nSPS) is 16.0. The van der Waals surface area contributed by atoms with Crippen LogP contribution in [0.15, 0.2) is 53.1 Å². The number of ether oxygens (including phenoxy) is 2. The van der Waals surface area contributed by atoms with Gasteiger partial charge in [0.15, 0.2) is 6.61 Å². The lowest BCUT2D eigenvalue weighted by atomic mass is 10.1. The fraction of sp³-hybridized carbons (Fsp3) is 0.379. The van der Waals surface area contributed by atoms with E-state index in [0.717, 1.165) is 31.6 Å². The Bertz CT molecular complexity index is 1240. The summed E-state index contributed by atoms with van der Waals surface area (Å²) in [6, 6.07) is 14.2. The zero-order valence-electron chi connectivity index (χ0n) is 21.8. The first kappa shape index (κ1) is 27.7. The molecule has 38 heavy (non-hydrogen) atoms. The molecule has 2 aromatic carbocycles. The number of likely N-dealkylation sites (tertiary alicyclic amines) is 1. The fourth-order valence-corrected chi connectivity index (χ4v) is 4.92. The molecule has 4 rings (SSSR count). The summed E-state index contributed by atoms with van der Waals surface area (Å²) in [5, 5.41) is 17.5. The smallest absolute Gasteiger partial charge is 0.233 e. The Morgan fingerprint density at radius 3 is 2.79 bits per heavy atom. The van der Waals surface area contributed by atoms with Crippen LogP contribution in [0.5, 0.6) is 11.6 Å². The number of terminal acetylenes is 1. The van der Waals surface area contributed by atoms with Gasteiger partial charge in [0.05, 0.1) is 10.7 Å². The number of aromatic nitrogens is 2. The zero-order chi connectivity index (χ0) is 26.9. The van der Waals surface area contributed by atoms with E-state index < -0.39 is 6.10 Å². The average molecular weight is 581 g/mol. The first-order valence-corrected chi connectivity index (χ1v) is 13.5. The maximum Gasteiger partial charge on any atom is 0.233 e. The van der Waals surface area contributed by atoms with Crippen LogP contribution in [0.3, 0.4) is 0 Å². The van der Waals surface area contributed by atoms with E-state index in [-0.39, 0.29) is 13.2 Å². The molecule has 1 aliphatic heterocycles. The van der Waals surface area contributed by atoms with Gasteiger partial charge in [-0.3, -0.25) is 4.90 Å². The molecule has 0 amide bonds. The van der Waals surface area contributed by atoms with Crippen molar-refractivity contribution < 1.29 is 14.6 Å². The minimum absolute atomic E-state index is 0.113. The van der Waals surface area contributed by atoms with E-state index in [2.05, 4.69) is 79.4 Å². The molecular formula is C29H34BrN5O3. The number of aliphatic hydroxyl groups is 1. The van der Waals surface area contributed by atoms with Crippen molar-refractivity contribution in [2.75, 3.05) is 43.5 Å². The average Bonchev–Trinajstić information content (AvgIpc) is 3.34. The van der Waals surface area contributed by atoms with Crippen LogP contribution in [0.4, 0.5) is 17.3 Å². The number of nitrogens with zero attached hydrogens (tertiary/aromatic N) is 3. The van der Waals surface area contributed by atoms with Gasteiger partial charge in [0.25, 0.3) is 0 Å². The Labute approximate surface area is 232 Å². The maximum atomic E-state index is 10.7. The summed E-state index contributed by atoms with van der Waals surface area (Å²) in [5.41, 5.74) is 4.47. The van der Waals surface area contributed by atoms with Crippen molar-refractivity contribution in [2.45, 2.75) is 38.8 Å². The molecule has 8 nitrogen and oxygen atoms in total. The van der Waals surface area contributed by atoms with Crippen molar-refractivity contribution in [2.24, 2.45) is 0 Å². The van der Waals surface area contributed by atoms with Gasteiger partial charge in [-0.1, -0.05) is 30.2 Å². The molecule has 3 aromatic rings. The molecule has 200 valence electrons. The van der Waals surface area contributed by atoms with Crippen molar-refractivity contribution in [3.8, 4) is 24.0 Å². The first-order valence-electron chi connectivity index (χ1n) is 12.7. The monoisotopic (exact) mass is 579 g/mol. The van der Waals surface area contributed by atoms with Crippen LogP contribution in [-0.2, 0) is 0 Å². The molecule has 1 aromatic heterocycles. The number of aryl methyl sites for hydroxylation is 2. The summed E-state index contributed by atoms with van der Waals surface area (Å²) in [4.78, 5) is 11.0. The van der Waals surface area contributed by atoms with Gasteiger partial charge in [-0.05, 0) is 72.4 Å². The maximum absolute atomic E-state index is 10.7. The summed E-state index contributed by atoms with van der Waals surface area (Å²) in [5.74, 6) is 3.79. The lowest BCUT2D eigenvalue weighted by Crippen LogP contribution is -2.41. The van der Waals surface area contributed by atoms with Crippen LogP contribution >= 0.6 is 15.9 Å². The minimum Gasteiger partial charge on any atom is -0.491 e. The van der Waals surface area contributed by atoms with Crippen molar-refractivity contribution >= 4 is 33.3 Å². The number of benzene rings is 2. The Hall–Kier alpha value is -3.32. The van der Waals surface area contributed by atoms with E-state index in [1.165, 1.54) is 16.8 Å². The van der Waals surface area contributed by atoms with Crippen LogP contribution in [0.2, 0.25) is 0 Å². The van der Waals surface area contributed by atoms with E-state index in [1.807, 2.05) is 24.3 Å². The molecule has 0 aliphatic carbocycles. The van der Waals surface area contributed by atoms with Gasteiger partial charge in [0, 0.05) is 36.6 Å². The summed E-state index contributed by atoms with van der Waals surface area (Å²) >= 11 is 3.35. The molecule has 1 unspecified atom stereocenters. The summed E-state index contributed by atoms with van der Waals surface area (Å²) in [7, 11) is 0. The Balaban J connectivity index is 1.28. The highest BCUT2D eigenvalue weighted by atomic mass is 79.9. The molecule has 1 fully saturated rings. The summed E-state index contributed by atoms with van der Waals surface area (Å²) < 4.78 is 12.0. The number of β-amino-alcohol motifs (C(OH)–C–C–N with tert-alkyl or cyclic N) is 1. The third-order valence-electron chi connectivity index (χ3n) is 6.48. The molecule has 0 saturated carbocycles. The molecular weight excluding hydrogens is 546 g/mol. The number of nitrogens with one attached hydrogen (secondary N) is 2. The number of rotatable bonds is 12. The second-order valence-electron chi connectivity index (χ2n) is 9.40. The highest BCUT2D eigenvalue weighted by Gasteiger charge is 2.26. The second kappa shape index (κ2) is 13.5. The van der Waals surface area contributed by atoms with Crippen molar-refractivity contribution in [1.82, 2.24) is 14.9 Å². The van der Waals surface area contributed by atoms with Gasteiger partial charge in [-0.2, -0.15) is 4.98 Å². The highest BCUT2D eigenvalue weighted by molar-refractivity contribution is 9.10. The number of aliphatic hydroxyl groups excluding tert-OH is 1. The third kappa shape index (κ3) is 7.60. The topological polar surface area (TPSA) is 91.8 Å². The number of hydrogen-bond donors (Lipinski definition) is 3. The largest absolute Gasteiger partial charge is 0.491 e. The van der Waals surface area contributed by atoms with Crippen LogP contribution in [0.25, 0.3) is 0 Å². The molecule has 0 radical (unpaired) electrons. The van der Waals surface area contributed by atoms with Crippen molar-refractivity contribution in [1.29, 1.82) is 0 Å². The van der Waals surface area contributed by atoms with E-state index in [9.17, 15) is 5.11 Å². The van der Waals surface area contributed by atoms with Gasteiger partial charge < -0.3 is 25.2 Å². The molecule has 0 spiro atoms. The van der Waals surface area contributed by atoms with Crippen LogP contribution in [0, 0.1) is 26.2 Å². The summed E-state index contributed by atoms with van der Waals surface area (Å²) in [6.45, 7) is 7.00. The lowest BCUT2D eigenvalue weighted by molar-refractivity contribution is 0.0655. The van der Waals surface area contributed by atoms with Gasteiger partial charge >= 0.3 is 0 Å². The SMILES string of the molecule is C#CCOc1nc(Nc2cccc(OCC(O)CN3CCC[C@H]3CNc3c(C)cccc3C)c2)ncc1Br. The highest BCUT2D eigenvalue weighted by Crippen LogP contribution is 2.26. The van der Waals surface area contributed by atoms with Crippen molar-refractivity contribution in [3.63, 3.8) is 0 Å². The standard InChI is InChI=1S/C29H34BrN5O3/c1-4-14-37-28-26(30)17-32-29(34-28)33-22-10-6-12-25(15-22)38-19-24(36)18-35-13-7-11-23(35)16-31-27-20(2)8-5-9-21(27)3/h1,5-6,8-10,12,15,17,23-24,31,36H,7,11,13-14,16,18-19H2,2-3H3,(H,32,33,34)/t23-,24?/m0/s1. The van der Waals surface area contributed by atoms with E-state index in [1.54, 1.807) is 6.20 Å². The van der Waals surface area contributed by atoms with Crippen LogP contribution in [-0.4, -0.2) is 65.0 Å². The Morgan fingerprint density at radius 1 is 1.21 bits per heavy atom. The third-order valence-corrected chi connectivity index (χ3v) is 7.02. The Morgan fingerprint density at radius 2 is 2.00 bits per heavy atom. The van der Waals surface area contributed by atoms with Gasteiger partial charge in [0.1, 0.15) is 18.5 Å². The molecule has 2 heterocycles. The van der Waals surface area contributed by atoms with Crippen LogP contribution in [0.1, 0.15) is 24.0 Å². The Kier molecular flexibility index (Phi) is 9.82. The molecule has 3 N–H and O–H groups in total. The predicted octanol–water partition coefficient (Wildman–Crippen LogP) is 4.93. The number of halogens is 1. The zero-order valence-corrected chi connectivity index (χ0v) is 23.4. The predicted molar refractivity (Wildman–Crippen MR) is 154 cm³/mol. The van der Waals surface area contributed by atoms with E-state index >= 15 is 0 Å². The lowest BCUT2D eigenvalue weighted by Gasteiger charge is -2.28. The molecule has 1 saturated heterocycles. The van der Waals surface area contributed by atoms with Gasteiger partial charge in [-0.15, -0.1) is 6.42 Å². The fourth-order valence-electron chi connectivity index (χ4n) is 4.61. The van der Waals surface area contributed by atoms with E-state index in [4.69, 9.17) is 15.9 Å². The molecule has 1 aliphatic rings. The van der Waals surface area contributed by atoms with Gasteiger partial charge in [0.2, 0.25) is 11.8 Å². The van der Waals surface area contributed by atoms with Gasteiger partial charge in [-0.25, -0.2) is 4.98 Å². The van der Waals surface area contributed by atoms with E-state index in [0.29, 0.717) is 34.6 Å². The molecule has 2 atom stereocenters. The number of anilines is 3. The number of hydrogen-bond acceptors (Lipinski definition) is 8. The van der Waals surface area contributed by atoms with Crippen LogP contribution < -0.4 is 20.1 Å². The quantitative estimate of drug-likeness (QED) is 0.260. The number of para-hydroxylation sites is 1. The second-order valence-corrected chi connectivity index (χ2v) is 10.3. The minimum atomic E-state index is -0.599. The van der Waals surface area contributed by atoms with Crippen molar-refractivity contribution in [3.05, 3.63) is 64.3 Å². The first-order chi connectivity index (χ1) is 18.4.